The van der Waals surface area contributed by atoms with Gasteiger partial charge < -0.3 is 10.2 Å². The fraction of sp³-hybridized carbons (Fsp3) is 0.765. The Bertz CT molecular complexity index is 587. The molecule has 0 saturated carbocycles. The molecule has 0 aromatic carbocycles. The summed E-state index contributed by atoms with van der Waals surface area (Å²) in [7, 11) is 1.75. The van der Waals surface area contributed by atoms with E-state index in [1.165, 1.54) is 0 Å². The summed E-state index contributed by atoms with van der Waals surface area (Å²) < 4.78 is 7.15. The number of anilines is 1. The van der Waals surface area contributed by atoms with Gasteiger partial charge in [0.15, 0.2) is 7.05 Å². The summed E-state index contributed by atoms with van der Waals surface area (Å²) in [6, 6.07) is 1.75. The maximum Gasteiger partial charge on any atom is 0.282 e. The number of nitrogens with one attached hydrogen (secondary N) is 1. The van der Waals surface area contributed by atoms with Gasteiger partial charge in [-0.2, -0.15) is 0 Å². The molecule has 2 heterocycles. The fourth-order valence-electron chi connectivity index (χ4n) is 3.03. The van der Waals surface area contributed by atoms with Crippen LogP contribution in [0.4, 0.5) is 5.88 Å². The summed E-state index contributed by atoms with van der Waals surface area (Å²) >= 11 is 0. The molecule has 0 bridgehead atoms. The number of nitrogens with zero attached hydrogens (tertiary/aromatic N) is 2. The van der Waals surface area contributed by atoms with Crippen LogP contribution in [-0.2, 0) is 17.3 Å². The first kappa shape index (κ1) is 18.9. The molecule has 3 N–H and O–H groups in total. The number of rotatable bonds is 5. The maximum atomic E-state index is 12.7. The van der Waals surface area contributed by atoms with Crippen molar-refractivity contribution >= 4 is 11.8 Å². The van der Waals surface area contributed by atoms with E-state index >= 15 is 0 Å². The average Bonchev–Trinajstić information content (AvgIpc) is 2.89. The molecular weight excluding hydrogens is 310 g/mol. The molecule has 136 valence electrons. The van der Waals surface area contributed by atoms with Crippen molar-refractivity contribution in [3.8, 4) is 0 Å². The first-order valence-corrected chi connectivity index (χ1v) is 8.44. The van der Waals surface area contributed by atoms with E-state index in [0.717, 1.165) is 5.69 Å². The van der Waals surface area contributed by atoms with Gasteiger partial charge in [-0.3, -0.25) is 15.0 Å². The van der Waals surface area contributed by atoms with Crippen LogP contribution in [0.5, 0.6) is 0 Å². The van der Waals surface area contributed by atoms with Gasteiger partial charge in [0.1, 0.15) is 0 Å². The SMILES string of the molecule is C[n+]1oc(NC(=O)C(C)(C)N2CCC(O)CC2)cc1C(C)(C)CO. The van der Waals surface area contributed by atoms with Gasteiger partial charge >= 0.3 is 0 Å². The quantitative estimate of drug-likeness (QED) is 0.681. The Morgan fingerprint density at radius 3 is 2.50 bits per heavy atom. The van der Waals surface area contributed by atoms with E-state index in [9.17, 15) is 15.0 Å². The van der Waals surface area contributed by atoms with E-state index in [4.69, 9.17) is 4.52 Å². The van der Waals surface area contributed by atoms with E-state index in [1.54, 1.807) is 17.9 Å². The van der Waals surface area contributed by atoms with Crippen LogP contribution in [0.25, 0.3) is 0 Å². The molecule has 0 atom stereocenters. The second kappa shape index (κ2) is 6.82. The lowest BCUT2D eigenvalue weighted by atomic mass is 9.90. The van der Waals surface area contributed by atoms with Crippen molar-refractivity contribution in [3.63, 3.8) is 0 Å². The van der Waals surface area contributed by atoms with E-state index in [0.29, 0.717) is 31.8 Å². The summed E-state index contributed by atoms with van der Waals surface area (Å²) in [6.45, 7) is 8.93. The molecule has 0 aliphatic carbocycles. The van der Waals surface area contributed by atoms with Crippen LogP contribution in [0.3, 0.4) is 0 Å². The molecule has 0 radical (unpaired) electrons. The average molecular weight is 340 g/mol. The number of carbonyl (C=O) groups is 1. The van der Waals surface area contributed by atoms with Gasteiger partial charge in [-0.15, -0.1) is 0 Å². The molecular formula is C17H30N3O4+. The summed E-state index contributed by atoms with van der Waals surface area (Å²) in [4.78, 5) is 14.8. The highest BCUT2D eigenvalue weighted by molar-refractivity contribution is 5.96. The largest absolute Gasteiger partial charge is 0.395 e. The summed E-state index contributed by atoms with van der Waals surface area (Å²) in [5.41, 5.74) is -0.350. The zero-order chi connectivity index (χ0) is 18.1. The summed E-state index contributed by atoms with van der Waals surface area (Å²) in [5, 5.41) is 22.0. The Balaban J connectivity index is 2.10. The molecule has 1 fully saturated rings. The molecule has 0 unspecified atom stereocenters. The van der Waals surface area contributed by atoms with Gasteiger partial charge in [0.05, 0.1) is 29.7 Å². The summed E-state index contributed by atoms with van der Waals surface area (Å²) in [5.74, 6) is 0.214. The van der Waals surface area contributed by atoms with Crippen molar-refractivity contribution < 1.29 is 24.3 Å². The maximum absolute atomic E-state index is 12.7. The highest BCUT2D eigenvalue weighted by Crippen LogP contribution is 2.25. The van der Waals surface area contributed by atoms with Crippen LogP contribution in [-0.4, -0.2) is 52.4 Å². The number of aromatic nitrogens is 1. The van der Waals surface area contributed by atoms with Crippen molar-refractivity contribution in [2.45, 2.75) is 57.6 Å². The first-order valence-electron chi connectivity index (χ1n) is 8.44. The van der Waals surface area contributed by atoms with Crippen molar-refractivity contribution in [1.29, 1.82) is 0 Å². The predicted octanol–water partition coefficient (Wildman–Crippen LogP) is 0.548. The number of piperidine rings is 1. The van der Waals surface area contributed by atoms with Crippen molar-refractivity contribution in [1.82, 2.24) is 4.90 Å². The predicted molar refractivity (Wildman–Crippen MR) is 89.5 cm³/mol. The van der Waals surface area contributed by atoms with Gasteiger partial charge in [-0.25, -0.2) is 4.52 Å². The van der Waals surface area contributed by atoms with E-state index in [2.05, 4.69) is 10.2 Å². The lowest BCUT2D eigenvalue weighted by molar-refractivity contribution is -0.850. The molecule has 1 amide bonds. The van der Waals surface area contributed by atoms with Crippen LogP contribution in [0.15, 0.2) is 10.6 Å². The molecule has 7 heteroatoms. The van der Waals surface area contributed by atoms with E-state index < -0.39 is 11.0 Å². The van der Waals surface area contributed by atoms with Crippen molar-refractivity contribution in [3.05, 3.63) is 11.8 Å². The molecule has 0 spiro atoms. The third-order valence-corrected chi connectivity index (χ3v) is 4.98. The van der Waals surface area contributed by atoms with E-state index in [-0.39, 0.29) is 18.6 Å². The van der Waals surface area contributed by atoms with Crippen LogP contribution >= 0.6 is 0 Å². The van der Waals surface area contributed by atoms with Crippen molar-refractivity contribution in [2.75, 3.05) is 25.0 Å². The highest BCUT2D eigenvalue weighted by Gasteiger charge is 2.38. The number of hydrogen-bond acceptors (Lipinski definition) is 5. The van der Waals surface area contributed by atoms with Crippen LogP contribution < -0.4 is 10.1 Å². The molecule has 7 nitrogen and oxygen atoms in total. The van der Waals surface area contributed by atoms with Gasteiger partial charge in [0, 0.05) is 13.1 Å². The van der Waals surface area contributed by atoms with Crippen molar-refractivity contribution in [2.24, 2.45) is 7.05 Å². The number of aryl methyl sites for hydroxylation is 1. The minimum Gasteiger partial charge on any atom is -0.395 e. The molecule has 1 aromatic heterocycles. The minimum atomic E-state index is -0.696. The Hall–Kier alpha value is -1.44. The van der Waals surface area contributed by atoms with Crippen LogP contribution in [0.2, 0.25) is 0 Å². The standard InChI is InChI=1S/C17H29N3O4/c1-16(2,11-21)13-10-14(24-19(13)5)18-15(23)17(3,4)20-8-6-12(22)7-9-20/h10,12,21-22H,6-9,11H2,1-5H3/p+1. The Labute approximate surface area is 143 Å². The zero-order valence-corrected chi connectivity index (χ0v) is 15.3. The lowest BCUT2D eigenvalue weighted by Gasteiger charge is -2.40. The van der Waals surface area contributed by atoms with Gasteiger partial charge in [0.2, 0.25) is 11.6 Å². The smallest absolute Gasteiger partial charge is 0.282 e. The third-order valence-electron chi connectivity index (χ3n) is 4.98. The van der Waals surface area contributed by atoms with Gasteiger partial charge in [-0.1, -0.05) is 0 Å². The van der Waals surface area contributed by atoms with Gasteiger partial charge in [0.25, 0.3) is 5.88 Å². The number of amides is 1. The Morgan fingerprint density at radius 2 is 1.96 bits per heavy atom. The molecule has 24 heavy (non-hydrogen) atoms. The number of hydrogen-bond donors (Lipinski definition) is 3. The molecule has 1 aromatic rings. The topological polar surface area (TPSA) is 89.8 Å². The summed E-state index contributed by atoms with van der Waals surface area (Å²) in [6.07, 6.45) is 1.09. The lowest BCUT2D eigenvalue weighted by Crippen LogP contribution is -2.55. The number of aliphatic hydroxyl groups is 2. The van der Waals surface area contributed by atoms with E-state index in [1.807, 2.05) is 27.7 Å². The number of carbonyl (C=O) groups excluding carboxylic acids is 1. The zero-order valence-electron chi connectivity index (χ0n) is 15.3. The second-order valence-electron chi connectivity index (χ2n) is 7.76. The molecule has 1 saturated heterocycles. The van der Waals surface area contributed by atoms with Crippen LogP contribution in [0.1, 0.15) is 46.2 Å². The molecule has 1 aliphatic heterocycles. The monoisotopic (exact) mass is 340 g/mol. The number of aliphatic hydroxyl groups excluding tert-OH is 2. The van der Waals surface area contributed by atoms with Gasteiger partial charge in [-0.05, 0) is 45.3 Å². The molecule has 1 aliphatic rings. The Kier molecular flexibility index (Phi) is 5.37. The Morgan fingerprint density at radius 1 is 1.38 bits per heavy atom. The fourth-order valence-corrected chi connectivity index (χ4v) is 3.03. The normalized spacial score (nSPS) is 18.0. The number of likely N-dealkylation sites (tertiary alicyclic amines) is 1. The highest BCUT2D eigenvalue weighted by atomic mass is 16.5. The third kappa shape index (κ3) is 3.79. The first-order chi connectivity index (χ1) is 11.1. The van der Waals surface area contributed by atoms with Crippen LogP contribution in [0, 0.1) is 0 Å². The molecule has 2 rings (SSSR count). The second-order valence-corrected chi connectivity index (χ2v) is 7.76. The minimum absolute atomic E-state index is 0.0185.